The van der Waals surface area contributed by atoms with Gasteiger partial charge in [-0.3, -0.25) is 9.59 Å². The Morgan fingerprint density at radius 3 is 2.37 bits per heavy atom. The third-order valence-electron chi connectivity index (χ3n) is 15.1. The van der Waals surface area contributed by atoms with Crippen molar-refractivity contribution in [1.82, 2.24) is 5.32 Å². The zero-order chi connectivity index (χ0) is 31.4. The summed E-state index contributed by atoms with van der Waals surface area (Å²) in [5.41, 5.74) is 1.20. The van der Waals surface area contributed by atoms with Gasteiger partial charge in [-0.2, -0.15) is 0 Å². The van der Waals surface area contributed by atoms with E-state index >= 15 is 0 Å². The zero-order valence-electron chi connectivity index (χ0n) is 28.8. The molecule has 5 nitrogen and oxygen atoms in total. The number of carbonyl (C=O) groups excluding carboxylic acids is 1. The number of carboxylic acid groups (broad SMARTS) is 1. The van der Waals surface area contributed by atoms with Crippen molar-refractivity contribution in [2.24, 2.45) is 56.7 Å². The predicted molar refractivity (Wildman–Crippen MR) is 173 cm³/mol. The first-order chi connectivity index (χ1) is 20.2. The molecular weight excluding hydrogens is 534 g/mol. The van der Waals surface area contributed by atoms with E-state index in [1.807, 2.05) is 0 Å². The van der Waals surface area contributed by atoms with Crippen LogP contribution in [0.2, 0.25) is 0 Å². The van der Waals surface area contributed by atoms with E-state index in [4.69, 9.17) is 4.74 Å². The van der Waals surface area contributed by atoms with E-state index in [1.165, 1.54) is 31.3 Å². The van der Waals surface area contributed by atoms with Crippen molar-refractivity contribution in [3.8, 4) is 0 Å². The standard InChI is InChI=1S/C38H63NO4/c1-9-10-11-12-23-39-24-31(40)43-30-17-18-35(6)28(34(30,4)5)16-19-37(8)29(35)14-13-27-32-26(3)25(2)15-20-38(32,33(41)42)22-21-36(27,37)7/h13,25-26,28-30,32,39H,9-12,14-24H2,1-8H3,(H,41,42)/t25-,26+,28+,29-,30+,32+,35+,36-,37-,38+/m1/s1. The summed E-state index contributed by atoms with van der Waals surface area (Å²) in [5, 5.41) is 14.0. The first-order valence-corrected chi connectivity index (χ1v) is 18.0. The summed E-state index contributed by atoms with van der Waals surface area (Å²) in [6, 6.07) is 0. The molecule has 5 rings (SSSR count). The van der Waals surface area contributed by atoms with Crippen LogP contribution in [0.1, 0.15) is 139 Å². The van der Waals surface area contributed by atoms with Crippen molar-refractivity contribution in [1.29, 1.82) is 0 Å². The number of allylic oxidation sites excluding steroid dienone is 2. The largest absolute Gasteiger partial charge is 0.481 e. The van der Waals surface area contributed by atoms with E-state index < -0.39 is 11.4 Å². The molecule has 0 amide bonds. The molecule has 10 atom stereocenters. The van der Waals surface area contributed by atoms with Crippen molar-refractivity contribution in [3.05, 3.63) is 11.6 Å². The van der Waals surface area contributed by atoms with Crippen LogP contribution in [-0.2, 0) is 14.3 Å². The molecule has 244 valence electrons. The maximum Gasteiger partial charge on any atom is 0.320 e. The highest BCUT2D eigenvalue weighted by Crippen LogP contribution is 2.75. The van der Waals surface area contributed by atoms with E-state index in [0.717, 1.165) is 64.3 Å². The predicted octanol–water partition coefficient (Wildman–Crippen LogP) is 8.81. The number of rotatable bonds is 9. The van der Waals surface area contributed by atoms with Crippen molar-refractivity contribution in [2.75, 3.05) is 13.1 Å². The number of aliphatic carboxylic acids is 1. The lowest BCUT2D eigenvalue weighted by Crippen LogP contribution is -2.65. The van der Waals surface area contributed by atoms with Crippen LogP contribution in [0.15, 0.2) is 11.6 Å². The highest BCUT2D eigenvalue weighted by Gasteiger charge is 2.69. The quantitative estimate of drug-likeness (QED) is 0.158. The van der Waals surface area contributed by atoms with Gasteiger partial charge in [-0.05, 0) is 117 Å². The Morgan fingerprint density at radius 1 is 0.930 bits per heavy atom. The Kier molecular flexibility index (Phi) is 9.04. The Hall–Kier alpha value is -1.36. The second-order valence-electron chi connectivity index (χ2n) is 17.2. The minimum absolute atomic E-state index is 0.0368. The minimum Gasteiger partial charge on any atom is -0.481 e. The fourth-order valence-electron chi connectivity index (χ4n) is 12.1. The number of fused-ring (bicyclic) bond motifs is 7. The Bertz CT molecular complexity index is 1100. The lowest BCUT2D eigenvalue weighted by Gasteiger charge is -2.71. The van der Waals surface area contributed by atoms with E-state index in [-0.39, 0.29) is 39.7 Å². The molecule has 0 unspecified atom stereocenters. The molecule has 0 radical (unpaired) electrons. The van der Waals surface area contributed by atoms with E-state index in [0.29, 0.717) is 30.2 Å². The molecule has 0 heterocycles. The van der Waals surface area contributed by atoms with Gasteiger partial charge in [0.15, 0.2) is 0 Å². The number of carbonyl (C=O) groups is 2. The number of unbranched alkanes of at least 4 members (excludes halogenated alkanes) is 3. The van der Waals surface area contributed by atoms with Crippen LogP contribution in [0, 0.1) is 56.7 Å². The fourth-order valence-corrected chi connectivity index (χ4v) is 12.1. The molecule has 5 heteroatoms. The van der Waals surface area contributed by atoms with Gasteiger partial charge in [0.2, 0.25) is 0 Å². The molecule has 0 aromatic heterocycles. The maximum absolute atomic E-state index is 13.0. The monoisotopic (exact) mass is 597 g/mol. The van der Waals surface area contributed by atoms with Crippen molar-refractivity contribution >= 4 is 11.9 Å². The summed E-state index contributed by atoms with van der Waals surface area (Å²) in [7, 11) is 0. The van der Waals surface area contributed by atoms with Gasteiger partial charge in [0.05, 0.1) is 12.0 Å². The van der Waals surface area contributed by atoms with Crippen LogP contribution in [0.3, 0.4) is 0 Å². The van der Waals surface area contributed by atoms with E-state index in [2.05, 4.69) is 66.8 Å². The molecule has 0 spiro atoms. The van der Waals surface area contributed by atoms with Gasteiger partial charge in [0, 0.05) is 5.41 Å². The normalized spacial score (nSPS) is 45.1. The van der Waals surface area contributed by atoms with Gasteiger partial charge in [0.1, 0.15) is 6.10 Å². The van der Waals surface area contributed by atoms with Gasteiger partial charge in [-0.1, -0.05) is 86.3 Å². The highest BCUT2D eigenvalue weighted by molar-refractivity contribution is 5.76. The maximum atomic E-state index is 13.0. The number of hydrogen-bond acceptors (Lipinski definition) is 4. The molecule has 4 fully saturated rings. The first kappa shape index (κ1) is 33.0. The van der Waals surface area contributed by atoms with Gasteiger partial charge in [0.25, 0.3) is 0 Å². The lowest BCUT2D eigenvalue weighted by atomic mass is 9.33. The van der Waals surface area contributed by atoms with Crippen LogP contribution in [0.5, 0.6) is 0 Å². The fraction of sp³-hybridized carbons (Fsp3) is 0.895. The number of carboxylic acids is 1. The average molecular weight is 598 g/mol. The molecule has 0 aromatic carbocycles. The summed E-state index contributed by atoms with van der Waals surface area (Å²) in [6.45, 7) is 20.5. The average Bonchev–Trinajstić information content (AvgIpc) is 2.94. The van der Waals surface area contributed by atoms with E-state index in [1.54, 1.807) is 0 Å². The zero-order valence-corrected chi connectivity index (χ0v) is 28.8. The molecule has 4 saturated carbocycles. The lowest BCUT2D eigenvalue weighted by molar-refractivity contribution is -0.214. The van der Waals surface area contributed by atoms with Gasteiger partial charge < -0.3 is 15.2 Å². The van der Waals surface area contributed by atoms with Crippen molar-refractivity contribution < 1.29 is 19.4 Å². The topological polar surface area (TPSA) is 75.6 Å². The molecular formula is C38H63NO4. The molecule has 0 saturated heterocycles. The summed E-state index contributed by atoms with van der Waals surface area (Å²) < 4.78 is 6.24. The van der Waals surface area contributed by atoms with Crippen LogP contribution in [0.25, 0.3) is 0 Å². The van der Waals surface area contributed by atoms with Crippen molar-refractivity contribution in [3.63, 3.8) is 0 Å². The molecule has 0 bridgehead atoms. The molecule has 5 aliphatic rings. The number of nitrogens with one attached hydrogen (secondary N) is 1. The van der Waals surface area contributed by atoms with Crippen LogP contribution < -0.4 is 5.32 Å². The second kappa shape index (κ2) is 11.8. The smallest absolute Gasteiger partial charge is 0.320 e. The van der Waals surface area contributed by atoms with Gasteiger partial charge in [-0.25, -0.2) is 0 Å². The second-order valence-corrected chi connectivity index (χ2v) is 17.2. The third kappa shape index (κ3) is 5.05. The minimum atomic E-state index is -0.587. The number of ether oxygens (including phenoxy) is 1. The molecule has 0 aromatic rings. The van der Waals surface area contributed by atoms with Crippen LogP contribution in [0.4, 0.5) is 0 Å². The summed E-state index contributed by atoms with van der Waals surface area (Å²) in [5.74, 6) is 1.52. The molecule has 43 heavy (non-hydrogen) atoms. The first-order valence-electron chi connectivity index (χ1n) is 18.0. The summed E-state index contributed by atoms with van der Waals surface area (Å²) >= 11 is 0. The van der Waals surface area contributed by atoms with Crippen LogP contribution in [-0.4, -0.2) is 36.2 Å². The molecule has 2 N–H and O–H groups in total. The SMILES string of the molecule is CCCCCCNCC(=O)O[C@H]1CC[C@]2(C)[C@H]3CC=C4[C@@H]5[C@@H](C)[C@H](C)CC[C@]5(C(=O)O)CC[C@@]4(C)[C@]3(C)CC[C@H]2C1(C)C. The Balaban J connectivity index is 1.36. The summed E-state index contributed by atoms with van der Waals surface area (Å²) in [6.07, 6.45) is 16.4. The molecule has 5 aliphatic carbocycles. The summed E-state index contributed by atoms with van der Waals surface area (Å²) in [4.78, 5) is 25.9. The van der Waals surface area contributed by atoms with Gasteiger partial charge >= 0.3 is 11.9 Å². The Labute approximate surface area is 262 Å². The Morgan fingerprint density at radius 2 is 1.67 bits per heavy atom. The molecule has 0 aliphatic heterocycles. The van der Waals surface area contributed by atoms with Crippen molar-refractivity contribution in [2.45, 2.75) is 145 Å². The highest BCUT2D eigenvalue weighted by atomic mass is 16.5. The van der Waals surface area contributed by atoms with Crippen LogP contribution >= 0.6 is 0 Å². The third-order valence-corrected chi connectivity index (χ3v) is 15.1. The van der Waals surface area contributed by atoms with E-state index in [9.17, 15) is 14.7 Å². The number of esters is 1. The number of hydrogen-bond donors (Lipinski definition) is 2. The van der Waals surface area contributed by atoms with Gasteiger partial charge in [-0.15, -0.1) is 0 Å².